The average molecular weight is 389 g/mol. The van der Waals surface area contributed by atoms with Crippen molar-refractivity contribution in [2.75, 3.05) is 18.9 Å². The third kappa shape index (κ3) is 4.68. The van der Waals surface area contributed by atoms with Crippen LogP contribution in [0.25, 0.3) is 0 Å². The van der Waals surface area contributed by atoms with E-state index < -0.39 is 0 Å². The summed E-state index contributed by atoms with van der Waals surface area (Å²) in [5.74, 6) is -0.384. The van der Waals surface area contributed by atoms with Crippen LogP contribution in [0.15, 0.2) is 40.9 Å². The van der Waals surface area contributed by atoms with Gasteiger partial charge < -0.3 is 10.2 Å². The molecule has 4 nitrogen and oxygen atoms in total. The fourth-order valence-corrected chi connectivity index (χ4v) is 3.04. The number of rotatable bonds is 4. The van der Waals surface area contributed by atoms with Crippen molar-refractivity contribution >= 4 is 33.4 Å². The Bertz CT molecular complexity index is 767. The second-order valence-corrected chi connectivity index (χ2v) is 6.96. The first-order chi connectivity index (χ1) is 11.3. The number of hydrogen-bond donors (Lipinski definition) is 1. The van der Waals surface area contributed by atoms with E-state index in [1.807, 2.05) is 57.2 Å². The van der Waals surface area contributed by atoms with Crippen molar-refractivity contribution in [1.82, 2.24) is 4.90 Å². The van der Waals surface area contributed by atoms with E-state index in [-0.39, 0.29) is 18.4 Å². The SMILES string of the molecule is Cc1cc(C)cc(C(=O)N(C)CC(=O)Nc2ccc(Br)cc2C)c1. The van der Waals surface area contributed by atoms with E-state index in [1.165, 1.54) is 4.90 Å². The summed E-state index contributed by atoms with van der Waals surface area (Å²) in [5.41, 5.74) is 4.36. The highest BCUT2D eigenvalue weighted by Crippen LogP contribution is 2.20. The van der Waals surface area contributed by atoms with Gasteiger partial charge >= 0.3 is 0 Å². The van der Waals surface area contributed by atoms with Crippen LogP contribution in [0.4, 0.5) is 5.69 Å². The zero-order valence-electron chi connectivity index (χ0n) is 14.3. The molecule has 126 valence electrons. The smallest absolute Gasteiger partial charge is 0.254 e. The van der Waals surface area contributed by atoms with E-state index in [0.717, 1.165) is 26.9 Å². The molecule has 0 aliphatic rings. The van der Waals surface area contributed by atoms with Gasteiger partial charge in [0.25, 0.3) is 5.91 Å². The number of benzene rings is 2. The molecule has 0 spiro atoms. The van der Waals surface area contributed by atoms with Gasteiger partial charge in [-0.15, -0.1) is 0 Å². The molecule has 0 aromatic heterocycles. The molecule has 0 aliphatic heterocycles. The molecule has 2 aromatic rings. The van der Waals surface area contributed by atoms with E-state index in [2.05, 4.69) is 21.2 Å². The molecule has 0 saturated carbocycles. The minimum Gasteiger partial charge on any atom is -0.332 e. The Morgan fingerprint density at radius 1 is 1.04 bits per heavy atom. The Balaban J connectivity index is 2.04. The number of aryl methyl sites for hydroxylation is 3. The van der Waals surface area contributed by atoms with Crippen LogP contribution in [0, 0.1) is 20.8 Å². The van der Waals surface area contributed by atoms with Gasteiger partial charge in [-0.05, 0) is 56.7 Å². The van der Waals surface area contributed by atoms with Gasteiger partial charge in [0.2, 0.25) is 5.91 Å². The monoisotopic (exact) mass is 388 g/mol. The molecule has 0 bridgehead atoms. The fraction of sp³-hybridized carbons (Fsp3) is 0.263. The van der Waals surface area contributed by atoms with Crippen LogP contribution in [0.5, 0.6) is 0 Å². The lowest BCUT2D eigenvalue weighted by Crippen LogP contribution is -2.35. The molecule has 0 unspecified atom stereocenters. The number of halogens is 1. The van der Waals surface area contributed by atoms with Crippen LogP contribution in [-0.2, 0) is 4.79 Å². The van der Waals surface area contributed by atoms with Crippen molar-refractivity contribution in [2.24, 2.45) is 0 Å². The maximum absolute atomic E-state index is 12.5. The van der Waals surface area contributed by atoms with E-state index in [1.54, 1.807) is 7.05 Å². The van der Waals surface area contributed by atoms with Gasteiger partial charge in [0, 0.05) is 22.8 Å². The minimum absolute atomic E-state index is 0.00132. The van der Waals surface area contributed by atoms with Crippen molar-refractivity contribution in [1.29, 1.82) is 0 Å². The molecule has 24 heavy (non-hydrogen) atoms. The Morgan fingerprint density at radius 3 is 2.25 bits per heavy atom. The summed E-state index contributed by atoms with van der Waals surface area (Å²) in [6.45, 7) is 5.83. The molecule has 0 fully saturated rings. The molecule has 2 rings (SSSR count). The molecule has 0 heterocycles. The maximum atomic E-state index is 12.5. The molecular formula is C19H21BrN2O2. The van der Waals surface area contributed by atoms with Crippen LogP contribution >= 0.6 is 15.9 Å². The molecular weight excluding hydrogens is 368 g/mol. The lowest BCUT2D eigenvalue weighted by atomic mass is 10.1. The number of carbonyl (C=O) groups excluding carboxylic acids is 2. The first kappa shape index (κ1) is 18.2. The average Bonchev–Trinajstić information content (AvgIpc) is 2.48. The van der Waals surface area contributed by atoms with Gasteiger partial charge in [-0.3, -0.25) is 9.59 Å². The molecule has 0 atom stereocenters. The van der Waals surface area contributed by atoms with E-state index >= 15 is 0 Å². The molecule has 1 N–H and O–H groups in total. The lowest BCUT2D eigenvalue weighted by Gasteiger charge is -2.18. The Labute approximate surface area is 151 Å². The van der Waals surface area contributed by atoms with Crippen LogP contribution in [-0.4, -0.2) is 30.3 Å². The van der Waals surface area contributed by atoms with Crippen LogP contribution in [0.2, 0.25) is 0 Å². The summed E-state index contributed by atoms with van der Waals surface area (Å²) < 4.78 is 0.958. The summed E-state index contributed by atoms with van der Waals surface area (Å²) in [6.07, 6.45) is 0. The third-order valence-corrected chi connectivity index (χ3v) is 4.15. The van der Waals surface area contributed by atoms with E-state index in [0.29, 0.717) is 5.56 Å². The number of nitrogens with one attached hydrogen (secondary N) is 1. The molecule has 0 radical (unpaired) electrons. The number of hydrogen-bond acceptors (Lipinski definition) is 2. The number of likely N-dealkylation sites (N-methyl/N-ethyl adjacent to an activating group) is 1. The van der Waals surface area contributed by atoms with Crippen molar-refractivity contribution in [3.63, 3.8) is 0 Å². The number of amides is 2. The van der Waals surface area contributed by atoms with E-state index in [4.69, 9.17) is 0 Å². The van der Waals surface area contributed by atoms with Crippen molar-refractivity contribution in [2.45, 2.75) is 20.8 Å². The van der Waals surface area contributed by atoms with Gasteiger partial charge in [-0.1, -0.05) is 33.1 Å². The number of carbonyl (C=O) groups is 2. The van der Waals surface area contributed by atoms with Gasteiger partial charge in [0.15, 0.2) is 0 Å². The van der Waals surface area contributed by atoms with Gasteiger partial charge in [0.05, 0.1) is 6.54 Å². The normalized spacial score (nSPS) is 10.4. The minimum atomic E-state index is -0.222. The second-order valence-electron chi connectivity index (χ2n) is 6.05. The third-order valence-electron chi connectivity index (χ3n) is 3.66. The van der Waals surface area contributed by atoms with Crippen molar-refractivity contribution in [3.8, 4) is 0 Å². The largest absolute Gasteiger partial charge is 0.332 e. The second kappa shape index (κ2) is 7.62. The highest BCUT2D eigenvalue weighted by atomic mass is 79.9. The number of anilines is 1. The highest BCUT2D eigenvalue weighted by molar-refractivity contribution is 9.10. The van der Waals surface area contributed by atoms with Crippen molar-refractivity contribution in [3.05, 3.63) is 63.1 Å². The summed E-state index contributed by atoms with van der Waals surface area (Å²) in [7, 11) is 1.63. The summed E-state index contributed by atoms with van der Waals surface area (Å²) in [4.78, 5) is 26.1. The van der Waals surface area contributed by atoms with E-state index in [9.17, 15) is 9.59 Å². The first-order valence-corrected chi connectivity index (χ1v) is 8.45. The zero-order valence-corrected chi connectivity index (χ0v) is 15.9. The highest BCUT2D eigenvalue weighted by Gasteiger charge is 2.16. The quantitative estimate of drug-likeness (QED) is 0.857. The maximum Gasteiger partial charge on any atom is 0.254 e. The molecule has 0 aliphatic carbocycles. The Kier molecular flexibility index (Phi) is 5.78. The molecule has 5 heteroatoms. The fourth-order valence-electron chi connectivity index (χ4n) is 2.56. The predicted octanol–water partition coefficient (Wildman–Crippen LogP) is 4.09. The standard InChI is InChI=1S/C19H21BrN2O2/c1-12-7-13(2)9-15(8-12)19(24)22(4)11-18(23)21-17-6-5-16(20)10-14(17)3/h5-10H,11H2,1-4H3,(H,21,23). The molecule has 2 aromatic carbocycles. The van der Waals surface area contributed by atoms with Crippen LogP contribution < -0.4 is 5.32 Å². The van der Waals surface area contributed by atoms with Crippen LogP contribution in [0.1, 0.15) is 27.0 Å². The van der Waals surface area contributed by atoms with Gasteiger partial charge in [0.1, 0.15) is 0 Å². The zero-order chi connectivity index (χ0) is 17.9. The summed E-state index contributed by atoms with van der Waals surface area (Å²) in [5, 5.41) is 2.84. The Morgan fingerprint density at radius 2 is 1.67 bits per heavy atom. The van der Waals surface area contributed by atoms with Gasteiger partial charge in [-0.25, -0.2) is 0 Å². The molecule has 2 amide bonds. The van der Waals surface area contributed by atoms with Gasteiger partial charge in [-0.2, -0.15) is 0 Å². The predicted molar refractivity (Wildman–Crippen MR) is 100 cm³/mol. The molecule has 0 saturated heterocycles. The van der Waals surface area contributed by atoms with Crippen molar-refractivity contribution < 1.29 is 9.59 Å². The topological polar surface area (TPSA) is 49.4 Å². The van der Waals surface area contributed by atoms with Crippen LogP contribution in [0.3, 0.4) is 0 Å². The first-order valence-electron chi connectivity index (χ1n) is 7.66. The Hall–Kier alpha value is -2.14. The lowest BCUT2D eigenvalue weighted by molar-refractivity contribution is -0.116. The number of nitrogens with zero attached hydrogens (tertiary/aromatic N) is 1. The summed E-state index contributed by atoms with van der Waals surface area (Å²) in [6, 6.07) is 11.3. The summed E-state index contributed by atoms with van der Waals surface area (Å²) >= 11 is 3.39.